The van der Waals surface area contributed by atoms with E-state index >= 15 is 0 Å². The maximum atomic E-state index is 12.5. The van der Waals surface area contributed by atoms with E-state index in [-0.39, 0.29) is 0 Å². The van der Waals surface area contributed by atoms with Crippen LogP contribution in [-0.4, -0.2) is 48.0 Å². The highest BCUT2D eigenvalue weighted by molar-refractivity contribution is 7.92. The van der Waals surface area contributed by atoms with Gasteiger partial charge in [-0.2, -0.15) is 0 Å². The highest BCUT2D eigenvalue weighted by Gasteiger charge is 2.24. The van der Waals surface area contributed by atoms with Gasteiger partial charge in [-0.3, -0.25) is 9.10 Å². The molecule has 0 fully saturated rings. The van der Waals surface area contributed by atoms with Crippen LogP contribution in [0.5, 0.6) is 17.2 Å². The number of nitrogens with one attached hydrogen (secondary N) is 1. The highest BCUT2D eigenvalue weighted by Crippen LogP contribution is 2.31. The van der Waals surface area contributed by atoms with Crippen LogP contribution < -0.4 is 23.8 Å². The minimum absolute atomic E-state index is 0.300. The number of amides is 1. The Balaban J connectivity index is 2.26. The molecule has 0 aliphatic heterocycles. The lowest BCUT2D eigenvalue weighted by Crippen LogP contribution is -2.37. The summed E-state index contributed by atoms with van der Waals surface area (Å²) in [6.45, 7) is 1.76. The number of sulfonamides is 1. The van der Waals surface area contributed by atoms with Gasteiger partial charge >= 0.3 is 0 Å². The highest BCUT2D eigenvalue weighted by atomic mass is 32.2. The third kappa shape index (κ3) is 5.29. The molecule has 0 aromatic heterocycles. The van der Waals surface area contributed by atoms with E-state index in [1.54, 1.807) is 49.4 Å². The molecule has 2 aromatic rings. The molecule has 0 aliphatic rings. The summed E-state index contributed by atoms with van der Waals surface area (Å²) in [5.41, 5.74) is 0.753. The number of anilines is 2. The van der Waals surface area contributed by atoms with Gasteiger partial charge in [0.2, 0.25) is 15.9 Å². The summed E-state index contributed by atoms with van der Waals surface area (Å²) in [5, 5.41) is 2.67. The number of carbonyl (C=O) groups excluding carboxylic acids is 1. The Morgan fingerprint density at radius 3 is 2.32 bits per heavy atom. The fourth-order valence-electron chi connectivity index (χ4n) is 2.57. The third-order valence-corrected chi connectivity index (χ3v) is 4.92. The lowest BCUT2D eigenvalue weighted by atomic mass is 10.2. The fraction of sp³-hybridized carbons (Fsp3) is 0.316. The summed E-state index contributed by atoms with van der Waals surface area (Å²) in [4.78, 5) is 12.5. The van der Waals surface area contributed by atoms with Crippen molar-refractivity contribution in [3.8, 4) is 17.2 Å². The SMILES string of the molecule is CCOc1ccccc1N(CC(=O)Nc1ccc(OC)c(OC)c1)S(C)(=O)=O. The Morgan fingerprint density at radius 2 is 1.71 bits per heavy atom. The fourth-order valence-corrected chi connectivity index (χ4v) is 3.43. The summed E-state index contributed by atoms with van der Waals surface area (Å²) in [6, 6.07) is 11.5. The molecular weight excluding hydrogens is 384 g/mol. The van der Waals surface area contributed by atoms with Gasteiger partial charge in [0.1, 0.15) is 12.3 Å². The first-order chi connectivity index (χ1) is 13.3. The summed E-state index contributed by atoms with van der Waals surface area (Å²) in [5.74, 6) is 0.837. The van der Waals surface area contributed by atoms with Crippen LogP contribution in [0, 0.1) is 0 Å². The van der Waals surface area contributed by atoms with Gasteiger partial charge < -0.3 is 19.5 Å². The zero-order valence-electron chi connectivity index (χ0n) is 16.3. The maximum absolute atomic E-state index is 12.5. The summed E-state index contributed by atoms with van der Waals surface area (Å²) in [6.07, 6.45) is 1.04. The monoisotopic (exact) mass is 408 g/mol. The molecular formula is C19H24N2O6S. The second-order valence-electron chi connectivity index (χ2n) is 5.79. The van der Waals surface area contributed by atoms with E-state index in [0.29, 0.717) is 35.2 Å². The van der Waals surface area contributed by atoms with Gasteiger partial charge in [0.05, 0.1) is 32.8 Å². The van der Waals surface area contributed by atoms with Gasteiger partial charge in [-0.05, 0) is 31.2 Å². The van der Waals surface area contributed by atoms with Crippen molar-refractivity contribution < 1.29 is 27.4 Å². The number of nitrogens with zero attached hydrogens (tertiary/aromatic N) is 1. The zero-order valence-corrected chi connectivity index (χ0v) is 17.1. The van der Waals surface area contributed by atoms with Crippen LogP contribution in [0.2, 0.25) is 0 Å². The molecule has 0 atom stereocenters. The number of hydrogen-bond acceptors (Lipinski definition) is 6. The number of rotatable bonds is 9. The van der Waals surface area contributed by atoms with Crippen molar-refractivity contribution in [3.05, 3.63) is 42.5 Å². The standard InChI is InChI=1S/C19H24N2O6S/c1-5-27-16-9-7-6-8-15(16)21(28(4,23)24)13-19(22)20-14-10-11-17(25-2)18(12-14)26-3/h6-12H,5,13H2,1-4H3,(H,20,22). The van der Waals surface area contributed by atoms with E-state index in [9.17, 15) is 13.2 Å². The third-order valence-electron chi connectivity index (χ3n) is 3.79. The van der Waals surface area contributed by atoms with Gasteiger partial charge in [0.25, 0.3) is 0 Å². The van der Waals surface area contributed by atoms with E-state index in [1.165, 1.54) is 14.2 Å². The Kier molecular flexibility index (Phi) is 7.11. The molecule has 0 saturated heterocycles. The molecule has 8 nitrogen and oxygen atoms in total. The lowest BCUT2D eigenvalue weighted by Gasteiger charge is -2.24. The first-order valence-electron chi connectivity index (χ1n) is 8.51. The molecule has 152 valence electrons. The molecule has 0 saturated carbocycles. The van der Waals surface area contributed by atoms with Crippen LogP contribution in [0.1, 0.15) is 6.92 Å². The molecule has 0 bridgehead atoms. The number of carbonyl (C=O) groups is 1. The molecule has 0 unspecified atom stereocenters. The van der Waals surface area contributed by atoms with Gasteiger partial charge in [0.15, 0.2) is 11.5 Å². The zero-order chi connectivity index (χ0) is 20.7. The van der Waals surface area contributed by atoms with Gasteiger partial charge in [-0.15, -0.1) is 0 Å². The Bertz CT molecular complexity index is 930. The van der Waals surface area contributed by atoms with Crippen LogP contribution in [0.3, 0.4) is 0 Å². The van der Waals surface area contributed by atoms with Crippen LogP contribution >= 0.6 is 0 Å². The minimum Gasteiger partial charge on any atom is -0.493 e. The van der Waals surface area contributed by atoms with Crippen LogP contribution in [-0.2, 0) is 14.8 Å². The van der Waals surface area contributed by atoms with E-state index in [1.807, 2.05) is 0 Å². The predicted molar refractivity (Wildman–Crippen MR) is 108 cm³/mol. The molecule has 0 heterocycles. The Morgan fingerprint density at radius 1 is 1.04 bits per heavy atom. The van der Waals surface area contributed by atoms with Crippen molar-refractivity contribution in [2.75, 3.05) is 43.2 Å². The largest absolute Gasteiger partial charge is 0.493 e. The minimum atomic E-state index is -3.72. The summed E-state index contributed by atoms with van der Waals surface area (Å²) < 4.78 is 41.5. The Labute approximate surface area is 165 Å². The normalized spacial score (nSPS) is 10.9. The van der Waals surface area contributed by atoms with Gasteiger partial charge in [-0.25, -0.2) is 8.42 Å². The average molecular weight is 408 g/mol. The molecule has 28 heavy (non-hydrogen) atoms. The maximum Gasteiger partial charge on any atom is 0.245 e. The average Bonchev–Trinajstić information content (AvgIpc) is 2.66. The molecule has 2 aromatic carbocycles. The van der Waals surface area contributed by atoms with Gasteiger partial charge in [-0.1, -0.05) is 12.1 Å². The molecule has 0 radical (unpaired) electrons. The van der Waals surface area contributed by atoms with E-state index in [2.05, 4.69) is 5.32 Å². The van der Waals surface area contributed by atoms with Crippen LogP contribution in [0.25, 0.3) is 0 Å². The molecule has 0 aliphatic carbocycles. The molecule has 9 heteroatoms. The second kappa shape index (κ2) is 9.32. The van der Waals surface area contributed by atoms with Crippen molar-refractivity contribution in [2.45, 2.75) is 6.92 Å². The molecule has 2 rings (SSSR count). The predicted octanol–water partition coefficient (Wildman–Crippen LogP) is 2.51. The molecule has 0 spiro atoms. The number of para-hydroxylation sites is 2. The molecule has 1 amide bonds. The second-order valence-corrected chi connectivity index (χ2v) is 7.70. The Hall–Kier alpha value is -2.94. The van der Waals surface area contributed by atoms with Crippen molar-refractivity contribution in [2.24, 2.45) is 0 Å². The van der Waals surface area contributed by atoms with Crippen molar-refractivity contribution in [1.29, 1.82) is 0 Å². The summed E-state index contributed by atoms with van der Waals surface area (Å²) in [7, 11) is -0.726. The van der Waals surface area contributed by atoms with Gasteiger partial charge in [0, 0.05) is 11.8 Å². The van der Waals surface area contributed by atoms with Crippen molar-refractivity contribution in [1.82, 2.24) is 0 Å². The number of benzene rings is 2. The number of ether oxygens (including phenoxy) is 3. The number of methoxy groups -OCH3 is 2. The van der Waals surface area contributed by atoms with Crippen molar-refractivity contribution in [3.63, 3.8) is 0 Å². The van der Waals surface area contributed by atoms with E-state index in [4.69, 9.17) is 14.2 Å². The number of hydrogen-bond donors (Lipinski definition) is 1. The quantitative estimate of drug-likeness (QED) is 0.685. The van der Waals surface area contributed by atoms with Crippen molar-refractivity contribution >= 4 is 27.3 Å². The van der Waals surface area contributed by atoms with Crippen LogP contribution in [0.15, 0.2) is 42.5 Å². The van der Waals surface area contributed by atoms with E-state index < -0.39 is 22.5 Å². The topological polar surface area (TPSA) is 94.2 Å². The summed E-state index contributed by atoms with van der Waals surface area (Å²) >= 11 is 0. The van der Waals surface area contributed by atoms with E-state index in [0.717, 1.165) is 10.6 Å². The smallest absolute Gasteiger partial charge is 0.245 e. The lowest BCUT2D eigenvalue weighted by molar-refractivity contribution is -0.114. The first-order valence-corrected chi connectivity index (χ1v) is 10.4. The van der Waals surface area contributed by atoms with Crippen LogP contribution in [0.4, 0.5) is 11.4 Å². The molecule has 1 N–H and O–H groups in total. The first kappa shape index (κ1) is 21.4.